The first-order chi connectivity index (χ1) is 6.07. The fourth-order valence-electron chi connectivity index (χ4n) is 0.879. The summed E-state index contributed by atoms with van der Waals surface area (Å²) in [7, 11) is 0. The van der Waals surface area contributed by atoms with Crippen molar-refractivity contribution in [1.29, 1.82) is 0 Å². The van der Waals surface area contributed by atoms with Crippen LogP contribution < -0.4 is 5.32 Å². The summed E-state index contributed by atoms with van der Waals surface area (Å²) in [5, 5.41) is 20.7. The van der Waals surface area contributed by atoms with E-state index in [-0.39, 0.29) is 12.0 Å². The summed E-state index contributed by atoms with van der Waals surface area (Å²) in [6.07, 6.45) is 1.16. The van der Waals surface area contributed by atoms with E-state index in [0.717, 1.165) is 6.42 Å². The van der Waals surface area contributed by atoms with Crippen LogP contribution in [0.5, 0.6) is 0 Å². The maximum atomic E-state index is 10.4. The molecule has 2 unspecified atom stereocenters. The Labute approximate surface area is 79.0 Å². The molecule has 0 aromatic rings. The quantitative estimate of drug-likeness (QED) is 0.509. The molecule has 0 aromatic heterocycles. The number of aliphatic hydroxyl groups excluding tert-OH is 1. The third-order valence-corrected chi connectivity index (χ3v) is 2.00. The van der Waals surface area contributed by atoms with Crippen molar-refractivity contribution < 1.29 is 15.0 Å². The van der Waals surface area contributed by atoms with Crippen molar-refractivity contribution in [3.63, 3.8) is 0 Å². The van der Waals surface area contributed by atoms with Crippen molar-refractivity contribution in [3.8, 4) is 0 Å². The monoisotopic (exact) mass is 189 g/mol. The van der Waals surface area contributed by atoms with Gasteiger partial charge in [0.15, 0.2) is 0 Å². The van der Waals surface area contributed by atoms with E-state index in [1.807, 2.05) is 6.92 Å². The Balaban J connectivity index is 3.30. The zero-order valence-corrected chi connectivity index (χ0v) is 8.29. The minimum absolute atomic E-state index is 0.271. The van der Waals surface area contributed by atoms with Crippen molar-refractivity contribution in [2.45, 2.75) is 32.8 Å². The second kappa shape index (κ2) is 6.86. The fraction of sp³-hybridized carbons (Fsp3) is 0.889. The van der Waals surface area contributed by atoms with E-state index >= 15 is 0 Å². The summed E-state index contributed by atoms with van der Waals surface area (Å²) in [6.45, 7) is 4.72. The minimum Gasteiger partial charge on any atom is -0.481 e. The second-order valence-electron chi connectivity index (χ2n) is 3.29. The predicted molar refractivity (Wildman–Crippen MR) is 50.6 cm³/mol. The van der Waals surface area contributed by atoms with Crippen LogP contribution in [0.4, 0.5) is 0 Å². The normalized spacial score (nSPS) is 15.3. The van der Waals surface area contributed by atoms with Crippen LogP contribution in [0.3, 0.4) is 0 Å². The Morgan fingerprint density at radius 1 is 1.54 bits per heavy atom. The summed E-state index contributed by atoms with van der Waals surface area (Å²) < 4.78 is 0. The third kappa shape index (κ3) is 6.54. The number of carboxylic acids is 1. The standard InChI is InChI=1S/C9H19NO3/c1-3-8(11)4-5-10-6-7(2)9(12)13/h7-8,10-11H,3-6H2,1-2H3,(H,12,13). The average molecular weight is 189 g/mol. The molecule has 0 aliphatic heterocycles. The molecule has 0 aromatic carbocycles. The molecule has 0 amide bonds. The molecule has 0 bridgehead atoms. The molecule has 0 aliphatic rings. The van der Waals surface area contributed by atoms with Crippen LogP contribution in [0.15, 0.2) is 0 Å². The molecule has 3 N–H and O–H groups in total. The Hall–Kier alpha value is -0.610. The van der Waals surface area contributed by atoms with Gasteiger partial charge < -0.3 is 15.5 Å². The van der Waals surface area contributed by atoms with Crippen molar-refractivity contribution in [3.05, 3.63) is 0 Å². The Bertz CT molecular complexity index is 150. The maximum Gasteiger partial charge on any atom is 0.307 e. The highest BCUT2D eigenvalue weighted by Gasteiger charge is 2.09. The number of nitrogens with one attached hydrogen (secondary N) is 1. The van der Waals surface area contributed by atoms with Gasteiger partial charge in [-0.15, -0.1) is 0 Å². The van der Waals surface area contributed by atoms with Crippen LogP contribution >= 0.6 is 0 Å². The van der Waals surface area contributed by atoms with Gasteiger partial charge in [-0.25, -0.2) is 0 Å². The van der Waals surface area contributed by atoms with Crippen LogP contribution in [0, 0.1) is 5.92 Å². The lowest BCUT2D eigenvalue weighted by Crippen LogP contribution is -2.28. The van der Waals surface area contributed by atoms with Gasteiger partial charge in [-0.3, -0.25) is 4.79 Å². The third-order valence-electron chi connectivity index (χ3n) is 2.00. The lowest BCUT2D eigenvalue weighted by Gasteiger charge is -2.10. The summed E-state index contributed by atoms with van der Waals surface area (Å²) >= 11 is 0. The molecule has 0 aliphatic carbocycles. The van der Waals surface area contributed by atoms with Crippen LogP contribution in [0.1, 0.15) is 26.7 Å². The Morgan fingerprint density at radius 3 is 2.62 bits per heavy atom. The molecule has 0 saturated heterocycles. The van der Waals surface area contributed by atoms with Gasteiger partial charge in [0.2, 0.25) is 0 Å². The highest BCUT2D eigenvalue weighted by molar-refractivity contribution is 5.69. The molecule has 0 radical (unpaired) electrons. The van der Waals surface area contributed by atoms with Gasteiger partial charge in [0.1, 0.15) is 0 Å². The molecule has 0 heterocycles. The van der Waals surface area contributed by atoms with Crippen molar-refractivity contribution in [1.82, 2.24) is 5.32 Å². The highest BCUT2D eigenvalue weighted by atomic mass is 16.4. The van der Waals surface area contributed by atoms with E-state index in [1.165, 1.54) is 0 Å². The van der Waals surface area contributed by atoms with E-state index < -0.39 is 5.97 Å². The fourth-order valence-corrected chi connectivity index (χ4v) is 0.879. The molecule has 0 rings (SSSR count). The van der Waals surface area contributed by atoms with Gasteiger partial charge in [-0.05, 0) is 19.4 Å². The lowest BCUT2D eigenvalue weighted by molar-refractivity contribution is -0.140. The van der Waals surface area contributed by atoms with Crippen LogP contribution in [-0.2, 0) is 4.79 Å². The molecular formula is C9H19NO3. The number of rotatable bonds is 7. The number of carbonyl (C=O) groups is 1. The van der Waals surface area contributed by atoms with E-state index in [4.69, 9.17) is 5.11 Å². The summed E-state index contributed by atoms with van der Waals surface area (Å²) in [5.41, 5.74) is 0. The number of hydrogen-bond acceptors (Lipinski definition) is 3. The number of aliphatic hydroxyl groups is 1. The van der Waals surface area contributed by atoms with E-state index in [0.29, 0.717) is 19.5 Å². The predicted octanol–water partition coefficient (Wildman–Crippen LogP) is 0.458. The van der Waals surface area contributed by atoms with Crippen LogP contribution in [0.2, 0.25) is 0 Å². The first-order valence-electron chi connectivity index (χ1n) is 4.69. The average Bonchev–Trinajstić information content (AvgIpc) is 2.11. The van der Waals surface area contributed by atoms with Crippen LogP contribution in [-0.4, -0.2) is 35.4 Å². The maximum absolute atomic E-state index is 10.4. The number of aliphatic carboxylic acids is 1. The van der Waals surface area contributed by atoms with Gasteiger partial charge in [-0.2, -0.15) is 0 Å². The molecule has 78 valence electrons. The SMILES string of the molecule is CCC(O)CCNCC(C)C(=O)O. The van der Waals surface area contributed by atoms with Crippen molar-refractivity contribution >= 4 is 5.97 Å². The molecular weight excluding hydrogens is 170 g/mol. The first kappa shape index (κ1) is 12.4. The smallest absolute Gasteiger partial charge is 0.307 e. The topological polar surface area (TPSA) is 69.6 Å². The summed E-state index contributed by atoms with van der Waals surface area (Å²) in [4.78, 5) is 10.4. The zero-order chi connectivity index (χ0) is 10.3. The zero-order valence-electron chi connectivity index (χ0n) is 8.29. The van der Waals surface area contributed by atoms with Gasteiger partial charge in [-0.1, -0.05) is 13.8 Å². The molecule has 0 saturated carbocycles. The first-order valence-corrected chi connectivity index (χ1v) is 4.69. The van der Waals surface area contributed by atoms with Crippen molar-refractivity contribution in [2.24, 2.45) is 5.92 Å². The Kier molecular flexibility index (Phi) is 6.54. The van der Waals surface area contributed by atoms with Crippen molar-refractivity contribution in [2.75, 3.05) is 13.1 Å². The second-order valence-corrected chi connectivity index (χ2v) is 3.29. The molecule has 4 nitrogen and oxygen atoms in total. The van der Waals surface area contributed by atoms with Gasteiger partial charge in [0, 0.05) is 6.54 Å². The van der Waals surface area contributed by atoms with E-state index in [9.17, 15) is 9.90 Å². The lowest BCUT2D eigenvalue weighted by atomic mass is 10.1. The molecule has 0 spiro atoms. The number of hydrogen-bond donors (Lipinski definition) is 3. The van der Waals surface area contributed by atoms with Gasteiger partial charge in [0.25, 0.3) is 0 Å². The Morgan fingerprint density at radius 2 is 2.15 bits per heavy atom. The summed E-state index contributed by atoms with van der Waals surface area (Å²) in [6, 6.07) is 0. The summed E-state index contributed by atoms with van der Waals surface area (Å²) in [5.74, 6) is -1.15. The van der Waals surface area contributed by atoms with Crippen LogP contribution in [0.25, 0.3) is 0 Å². The van der Waals surface area contributed by atoms with Gasteiger partial charge >= 0.3 is 5.97 Å². The van der Waals surface area contributed by atoms with E-state index in [2.05, 4.69) is 5.32 Å². The highest BCUT2D eigenvalue weighted by Crippen LogP contribution is 1.95. The molecule has 4 heteroatoms. The largest absolute Gasteiger partial charge is 0.481 e. The molecule has 13 heavy (non-hydrogen) atoms. The molecule has 2 atom stereocenters. The van der Waals surface area contributed by atoms with Gasteiger partial charge in [0.05, 0.1) is 12.0 Å². The molecule has 0 fully saturated rings. The minimum atomic E-state index is -0.788. The van der Waals surface area contributed by atoms with E-state index in [1.54, 1.807) is 6.92 Å². The number of carboxylic acid groups (broad SMARTS) is 1.